The normalized spacial score (nSPS) is 11.4. The van der Waals surface area contributed by atoms with Crippen molar-refractivity contribution in [3.05, 3.63) is 74.5 Å². The maximum atomic E-state index is 11.5. The molecule has 0 spiro atoms. The van der Waals surface area contributed by atoms with Gasteiger partial charge in [-0.1, -0.05) is 18.2 Å². The van der Waals surface area contributed by atoms with Crippen molar-refractivity contribution in [2.24, 2.45) is 5.10 Å². The number of aliphatic carboxylic acids is 1. The summed E-state index contributed by atoms with van der Waals surface area (Å²) in [6, 6.07) is 10.3. The summed E-state index contributed by atoms with van der Waals surface area (Å²) in [5.41, 5.74) is 2.37. The Hall–Kier alpha value is -4.28. The molecule has 1 aromatic heterocycles. The Labute approximate surface area is 156 Å². The molecule has 3 aromatic rings. The Balaban J connectivity index is 1.90. The molecule has 0 atom stereocenters. The lowest BCUT2D eigenvalue weighted by molar-refractivity contribution is -0.393. The van der Waals surface area contributed by atoms with Gasteiger partial charge in [-0.2, -0.15) is 5.10 Å². The van der Waals surface area contributed by atoms with Crippen molar-refractivity contribution in [2.75, 3.05) is 5.43 Å². The fraction of sp³-hybridized carbons (Fsp3) is 0.0588. The molecule has 3 N–H and O–H groups in total. The molecular formula is C17H13N5O6. The molecule has 11 nitrogen and oxygen atoms in total. The smallest absolute Gasteiger partial charge is 0.352 e. The van der Waals surface area contributed by atoms with Gasteiger partial charge >= 0.3 is 11.7 Å². The molecule has 1 heterocycles. The number of nitrogens with one attached hydrogen (secondary N) is 2. The summed E-state index contributed by atoms with van der Waals surface area (Å²) in [4.78, 5) is 34.9. The molecule has 0 amide bonds. The van der Waals surface area contributed by atoms with Gasteiger partial charge in [0.25, 0.3) is 5.69 Å². The number of benzene rings is 2. The Morgan fingerprint density at radius 3 is 2.57 bits per heavy atom. The zero-order chi connectivity index (χ0) is 20.3. The number of carboxylic acids is 1. The first-order valence-electron chi connectivity index (χ1n) is 7.90. The van der Waals surface area contributed by atoms with Gasteiger partial charge in [-0.25, -0.2) is 4.79 Å². The molecule has 11 heteroatoms. The monoisotopic (exact) mass is 383 g/mol. The third-order valence-electron chi connectivity index (χ3n) is 3.98. The average molecular weight is 383 g/mol. The number of fused-ring (bicyclic) bond motifs is 1. The van der Waals surface area contributed by atoms with Gasteiger partial charge in [0.1, 0.15) is 11.4 Å². The van der Waals surface area contributed by atoms with Crippen LogP contribution >= 0.6 is 0 Å². The Morgan fingerprint density at radius 2 is 1.89 bits per heavy atom. The van der Waals surface area contributed by atoms with Crippen LogP contribution in [-0.2, 0) is 11.2 Å². The molecule has 2 aromatic carbocycles. The van der Waals surface area contributed by atoms with Gasteiger partial charge in [-0.15, -0.1) is 0 Å². The van der Waals surface area contributed by atoms with E-state index >= 15 is 0 Å². The summed E-state index contributed by atoms with van der Waals surface area (Å²) in [5.74, 6) is -1.30. The molecule has 0 unspecified atom stereocenters. The second-order valence-electron chi connectivity index (χ2n) is 5.73. The summed E-state index contributed by atoms with van der Waals surface area (Å²) in [6.07, 6.45) is 1.63. The van der Waals surface area contributed by atoms with E-state index in [9.17, 15) is 30.1 Å². The van der Waals surface area contributed by atoms with E-state index in [0.29, 0.717) is 5.56 Å². The summed E-state index contributed by atoms with van der Waals surface area (Å²) in [7, 11) is 0. The number of hydrogen-bond donors (Lipinski definition) is 3. The molecule has 142 valence electrons. The van der Waals surface area contributed by atoms with Crippen LogP contribution in [0.4, 0.5) is 17.1 Å². The number of non-ortho nitro benzene ring substituents is 1. The average Bonchev–Trinajstić information content (AvgIpc) is 3.07. The van der Waals surface area contributed by atoms with Crippen LogP contribution in [0.2, 0.25) is 0 Å². The summed E-state index contributed by atoms with van der Waals surface area (Å²) >= 11 is 0. The molecule has 0 fully saturated rings. The van der Waals surface area contributed by atoms with Crippen molar-refractivity contribution >= 4 is 39.6 Å². The fourth-order valence-electron chi connectivity index (χ4n) is 2.63. The zero-order valence-corrected chi connectivity index (χ0v) is 14.2. The molecule has 0 radical (unpaired) electrons. The summed E-state index contributed by atoms with van der Waals surface area (Å²) in [5, 5.41) is 35.9. The van der Waals surface area contributed by atoms with Crippen molar-refractivity contribution in [3.63, 3.8) is 0 Å². The third kappa shape index (κ3) is 3.77. The van der Waals surface area contributed by atoms with Crippen LogP contribution < -0.4 is 5.43 Å². The lowest BCUT2D eigenvalue weighted by atomic mass is 10.1. The minimum absolute atomic E-state index is 0.0346. The molecule has 0 aliphatic heterocycles. The highest BCUT2D eigenvalue weighted by Gasteiger charge is 2.20. The van der Waals surface area contributed by atoms with E-state index in [1.807, 2.05) is 24.3 Å². The van der Waals surface area contributed by atoms with E-state index in [0.717, 1.165) is 29.1 Å². The standard InChI is InChI=1S/C17H13N5O6/c23-17(24)15(7-10-9-18-13-4-2-1-3-12(10)13)20-19-14-6-5-11(21(25)26)8-16(14)22(27)28/h1-6,8-9,18-19H,7H2,(H,23,24). The van der Waals surface area contributed by atoms with Gasteiger partial charge < -0.3 is 10.1 Å². The largest absolute Gasteiger partial charge is 0.477 e. The van der Waals surface area contributed by atoms with Gasteiger partial charge in [0.05, 0.1) is 15.9 Å². The lowest BCUT2D eigenvalue weighted by Gasteiger charge is -2.05. The van der Waals surface area contributed by atoms with Gasteiger partial charge in [-0.05, 0) is 17.7 Å². The minimum atomic E-state index is -1.30. The van der Waals surface area contributed by atoms with Crippen LogP contribution in [0.1, 0.15) is 5.56 Å². The number of anilines is 1. The van der Waals surface area contributed by atoms with Crippen LogP contribution in [0.5, 0.6) is 0 Å². The quantitative estimate of drug-likeness (QED) is 0.320. The number of para-hydroxylation sites is 1. The summed E-state index contributed by atoms with van der Waals surface area (Å²) < 4.78 is 0. The number of nitrogens with zero attached hydrogens (tertiary/aromatic N) is 3. The molecule has 0 aliphatic carbocycles. The number of hydrogen-bond acceptors (Lipinski definition) is 7. The van der Waals surface area contributed by atoms with Crippen molar-refractivity contribution in [3.8, 4) is 0 Å². The predicted octanol–water partition coefficient (Wildman–Crippen LogP) is 3.08. The number of nitro benzene ring substituents is 2. The van der Waals surface area contributed by atoms with Gasteiger partial charge in [0.2, 0.25) is 0 Å². The highest BCUT2D eigenvalue weighted by Crippen LogP contribution is 2.29. The molecule has 3 rings (SSSR count). The first-order chi connectivity index (χ1) is 13.4. The molecule has 0 saturated carbocycles. The van der Waals surface area contributed by atoms with E-state index in [2.05, 4.69) is 15.5 Å². The first kappa shape index (κ1) is 18.5. The Bertz CT molecular complexity index is 1120. The van der Waals surface area contributed by atoms with E-state index in [1.165, 1.54) is 0 Å². The molecule has 0 saturated heterocycles. The lowest BCUT2D eigenvalue weighted by Crippen LogP contribution is -2.17. The second kappa shape index (κ2) is 7.53. The van der Waals surface area contributed by atoms with Crippen molar-refractivity contribution in [2.45, 2.75) is 6.42 Å². The van der Waals surface area contributed by atoms with Crippen LogP contribution in [0.25, 0.3) is 10.9 Å². The minimum Gasteiger partial charge on any atom is -0.477 e. The van der Waals surface area contributed by atoms with E-state index in [-0.39, 0.29) is 17.8 Å². The summed E-state index contributed by atoms with van der Waals surface area (Å²) in [6.45, 7) is 0. The predicted molar refractivity (Wildman–Crippen MR) is 100 cm³/mol. The van der Waals surface area contributed by atoms with Crippen molar-refractivity contribution < 1.29 is 19.7 Å². The molecule has 0 aliphatic rings. The zero-order valence-electron chi connectivity index (χ0n) is 14.2. The maximum Gasteiger partial charge on any atom is 0.352 e. The number of carbonyl (C=O) groups is 1. The first-order valence-corrected chi connectivity index (χ1v) is 7.90. The molecule has 28 heavy (non-hydrogen) atoms. The van der Waals surface area contributed by atoms with Gasteiger partial charge in [-0.3, -0.25) is 25.7 Å². The van der Waals surface area contributed by atoms with E-state index < -0.39 is 27.2 Å². The highest BCUT2D eigenvalue weighted by molar-refractivity contribution is 6.36. The highest BCUT2D eigenvalue weighted by atomic mass is 16.6. The number of aromatic nitrogens is 1. The van der Waals surface area contributed by atoms with Crippen molar-refractivity contribution in [1.29, 1.82) is 0 Å². The van der Waals surface area contributed by atoms with Crippen molar-refractivity contribution in [1.82, 2.24) is 4.98 Å². The maximum absolute atomic E-state index is 11.5. The number of carboxylic acid groups (broad SMARTS) is 1. The number of H-pyrrole nitrogens is 1. The van der Waals surface area contributed by atoms with Gasteiger partial charge in [0, 0.05) is 29.6 Å². The van der Waals surface area contributed by atoms with E-state index in [1.54, 1.807) is 6.20 Å². The van der Waals surface area contributed by atoms with E-state index in [4.69, 9.17) is 0 Å². The Morgan fingerprint density at radius 1 is 1.14 bits per heavy atom. The number of nitro groups is 2. The third-order valence-corrected chi connectivity index (χ3v) is 3.98. The number of hydrazone groups is 1. The molecule has 0 bridgehead atoms. The van der Waals surface area contributed by atoms with Crippen LogP contribution in [-0.4, -0.2) is 31.6 Å². The van der Waals surface area contributed by atoms with Crippen LogP contribution in [0.15, 0.2) is 53.8 Å². The van der Waals surface area contributed by atoms with Gasteiger partial charge in [0.15, 0.2) is 0 Å². The fourth-order valence-corrected chi connectivity index (χ4v) is 2.63. The van der Waals surface area contributed by atoms with Crippen LogP contribution in [0.3, 0.4) is 0 Å². The topological polar surface area (TPSA) is 164 Å². The molecular weight excluding hydrogens is 370 g/mol. The van der Waals surface area contributed by atoms with Crippen LogP contribution in [0, 0.1) is 20.2 Å². The SMILES string of the molecule is O=C(O)C(Cc1c[nH]c2ccccc12)=NNc1ccc([N+](=O)[O-])cc1[N+](=O)[O-]. The Kier molecular flexibility index (Phi) is 4.98. The number of aromatic amines is 1. The second-order valence-corrected chi connectivity index (χ2v) is 5.73. The number of rotatable bonds is 7.